The van der Waals surface area contributed by atoms with Crippen LogP contribution in [0.3, 0.4) is 0 Å². The summed E-state index contributed by atoms with van der Waals surface area (Å²) in [5, 5.41) is 5.61. The number of carbonyl (C=O) groups excluding carboxylic acids is 2. The van der Waals surface area contributed by atoms with Gasteiger partial charge in [0.1, 0.15) is 0 Å². The third kappa shape index (κ3) is 2.22. The minimum Gasteiger partial charge on any atom is -0.302 e. The molecule has 4 nitrogen and oxygen atoms in total. The van der Waals surface area contributed by atoms with Gasteiger partial charge < -0.3 is 10.6 Å². The summed E-state index contributed by atoms with van der Waals surface area (Å²) >= 11 is 16.6. The van der Waals surface area contributed by atoms with Crippen LogP contribution in [0.5, 0.6) is 0 Å². The molecule has 1 aliphatic heterocycles. The number of hydrogen-bond donors (Lipinski definition) is 2. The highest BCUT2D eigenvalue weighted by Crippen LogP contribution is 2.34. The summed E-state index contributed by atoms with van der Waals surface area (Å²) in [5.41, 5.74) is -0.849. The van der Waals surface area contributed by atoms with Crippen molar-refractivity contribution in [2.24, 2.45) is 0 Å². The molecule has 1 aromatic carbocycles. The van der Waals surface area contributed by atoms with E-state index in [1.54, 1.807) is 19.1 Å². The number of hydrogen-bond acceptors (Lipinski definition) is 3. The maximum absolute atomic E-state index is 12.2. The Balaban J connectivity index is 2.58. The molecule has 19 heavy (non-hydrogen) atoms. The van der Waals surface area contributed by atoms with E-state index in [0.717, 1.165) is 0 Å². The molecule has 7 heteroatoms. The first-order chi connectivity index (χ1) is 8.91. The first kappa shape index (κ1) is 14.2. The number of benzene rings is 1. The lowest BCUT2D eigenvalue weighted by Crippen LogP contribution is -2.64. The Morgan fingerprint density at radius 3 is 2.21 bits per heavy atom. The molecule has 2 N–H and O–H groups in total. The lowest BCUT2D eigenvalue weighted by Gasteiger charge is -2.34. The molecule has 1 fully saturated rings. The van der Waals surface area contributed by atoms with Crippen molar-refractivity contribution in [1.29, 1.82) is 0 Å². The number of thiocarbonyl (C=S) groups is 1. The summed E-state index contributed by atoms with van der Waals surface area (Å²) in [4.78, 5) is 24.5. The Kier molecular flexibility index (Phi) is 3.80. The van der Waals surface area contributed by atoms with Crippen LogP contribution in [0.25, 0.3) is 0 Å². The van der Waals surface area contributed by atoms with E-state index in [-0.39, 0.29) is 11.5 Å². The fraction of sp³-hybridized carbons (Fsp3) is 0.250. The standard InChI is InChI=1S/C12H10Cl2N2O2S/c1-2-12(6-3-4-7(13)8(14)5-6)9(17)15-11(19)16-10(12)18/h3-5H,2H2,1H3,(H2,15,16,17,18,19). The van der Waals surface area contributed by atoms with Gasteiger partial charge in [0.25, 0.3) is 0 Å². The van der Waals surface area contributed by atoms with E-state index in [4.69, 9.17) is 35.4 Å². The van der Waals surface area contributed by atoms with Gasteiger partial charge in [-0.05, 0) is 36.3 Å². The van der Waals surface area contributed by atoms with E-state index in [1.165, 1.54) is 6.07 Å². The molecule has 2 amide bonds. The third-order valence-electron chi connectivity index (χ3n) is 3.17. The second-order valence-electron chi connectivity index (χ2n) is 4.13. The van der Waals surface area contributed by atoms with Crippen molar-refractivity contribution in [2.45, 2.75) is 18.8 Å². The van der Waals surface area contributed by atoms with Gasteiger partial charge in [-0.15, -0.1) is 0 Å². The first-order valence-electron chi connectivity index (χ1n) is 5.54. The average Bonchev–Trinajstić information content (AvgIpc) is 2.33. The average molecular weight is 317 g/mol. The third-order valence-corrected chi connectivity index (χ3v) is 4.12. The van der Waals surface area contributed by atoms with Crippen LogP contribution in [0, 0.1) is 0 Å². The summed E-state index contributed by atoms with van der Waals surface area (Å²) in [5.74, 6) is -0.913. The van der Waals surface area contributed by atoms with Gasteiger partial charge in [0.05, 0.1) is 10.0 Å². The van der Waals surface area contributed by atoms with Gasteiger partial charge >= 0.3 is 0 Å². The molecule has 0 bridgehead atoms. The molecular formula is C12H10Cl2N2O2S. The van der Waals surface area contributed by atoms with E-state index in [2.05, 4.69) is 10.6 Å². The molecule has 0 spiro atoms. The maximum Gasteiger partial charge on any atom is 0.246 e. The van der Waals surface area contributed by atoms with E-state index in [1.807, 2.05) is 0 Å². The van der Waals surface area contributed by atoms with Crippen molar-refractivity contribution >= 4 is 52.3 Å². The van der Waals surface area contributed by atoms with Crippen LogP contribution in [-0.4, -0.2) is 16.9 Å². The van der Waals surface area contributed by atoms with Crippen molar-refractivity contribution in [1.82, 2.24) is 10.6 Å². The zero-order valence-corrected chi connectivity index (χ0v) is 12.2. The molecule has 0 aliphatic carbocycles. The lowest BCUT2D eigenvalue weighted by atomic mass is 9.75. The highest BCUT2D eigenvalue weighted by molar-refractivity contribution is 7.80. The fourth-order valence-corrected chi connectivity index (χ4v) is 2.59. The van der Waals surface area contributed by atoms with Crippen LogP contribution in [0.15, 0.2) is 18.2 Å². The number of rotatable bonds is 2. The Morgan fingerprint density at radius 2 is 1.74 bits per heavy atom. The highest BCUT2D eigenvalue weighted by Gasteiger charge is 2.49. The summed E-state index contributed by atoms with van der Waals surface area (Å²) in [6, 6.07) is 4.70. The quantitative estimate of drug-likeness (QED) is 0.649. The monoisotopic (exact) mass is 316 g/mol. The Labute approximate surface area is 125 Å². The van der Waals surface area contributed by atoms with Crippen molar-refractivity contribution in [3.05, 3.63) is 33.8 Å². The van der Waals surface area contributed by atoms with Crippen molar-refractivity contribution in [3.8, 4) is 0 Å². The molecule has 1 saturated heterocycles. The smallest absolute Gasteiger partial charge is 0.246 e. The van der Waals surface area contributed by atoms with E-state index < -0.39 is 17.2 Å². The van der Waals surface area contributed by atoms with E-state index in [9.17, 15) is 9.59 Å². The molecule has 0 radical (unpaired) electrons. The molecule has 0 saturated carbocycles. The SMILES string of the molecule is CCC1(c2ccc(Cl)c(Cl)c2)C(=O)NC(=S)NC1=O. The first-order valence-corrected chi connectivity index (χ1v) is 6.70. The molecule has 1 heterocycles. The summed E-state index contributed by atoms with van der Waals surface area (Å²) in [6.07, 6.45) is 0.283. The number of halogens is 2. The second kappa shape index (κ2) is 5.07. The molecular weight excluding hydrogens is 307 g/mol. The van der Waals surface area contributed by atoms with Crippen LogP contribution < -0.4 is 10.6 Å². The maximum atomic E-state index is 12.2. The molecule has 1 aliphatic rings. The van der Waals surface area contributed by atoms with Gasteiger partial charge in [-0.25, -0.2) is 0 Å². The summed E-state index contributed by atoms with van der Waals surface area (Å²) in [7, 11) is 0. The van der Waals surface area contributed by atoms with Crippen LogP contribution in [0.4, 0.5) is 0 Å². The fourth-order valence-electron chi connectivity index (χ4n) is 2.10. The summed E-state index contributed by atoms with van der Waals surface area (Å²) in [6.45, 7) is 1.75. The van der Waals surface area contributed by atoms with Gasteiger partial charge in [0, 0.05) is 0 Å². The minimum absolute atomic E-state index is 0.0131. The molecule has 0 unspecified atom stereocenters. The van der Waals surface area contributed by atoms with E-state index >= 15 is 0 Å². The Bertz CT molecular complexity index is 569. The number of amides is 2. The summed E-state index contributed by atoms with van der Waals surface area (Å²) < 4.78 is 0. The molecule has 0 aromatic heterocycles. The van der Waals surface area contributed by atoms with Crippen LogP contribution in [-0.2, 0) is 15.0 Å². The highest BCUT2D eigenvalue weighted by atomic mass is 35.5. The van der Waals surface area contributed by atoms with Crippen LogP contribution in [0.2, 0.25) is 10.0 Å². The largest absolute Gasteiger partial charge is 0.302 e. The predicted molar refractivity (Wildman–Crippen MR) is 77.3 cm³/mol. The van der Waals surface area contributed by atoms with Gasteiger partial charge in [-0.3, -0.25) is 9.59 Å². The van der Waals surface area contributed by atoms with Crippen molar-refractivity contribution in [3.63, 3.8) is 0 Å². The van der Waals surface area contributed by atoms with Gasteiger partial charge in [-0.1, -0.05) is 36.2 Å². The zero-order chi connectivity index (χ0) is 14.2. The molecule has 2 rings (SSSR count). The number of carbonyl (C=O) groups is 2. The molecule has 1 aromatic rings. The van der Waals surface area contributed by atoms with Crippen molar-refractivity contribution in [2.75, 3.05) is 0 Å². The topological polar surface area (TPSA) is 58.2 Å². The molecule has 0 atom stereocenters. The number of nitrogens with one attached hydrogen (secondary N) is 2. The normalized spacial score (nSPS) is 17.9. The lowest BCUT2D eigenvalue weighted by molar-refractivity contribution is -0.137. The van der Waals surface area contributed by atoms with Gasteiger partial charge in [-0.2, -0.15) is 0 Å². The zero-order valence-electron chi connectivity index (χ0n) is 9.92. The Hall–Kier alpha value is -1.17. The minimum atomic E-state index is -1.34. The van der Waals surface area contributed by atoms with E-state index in [0.29, 0.717) is 15.6 Å². The van der Waals surface area contributed by atoms with Gasteiger partial charge in [0.15, 0.2) is 10.5 Å². The second-order valence-corrected chi connectivity index (χ2v) is 5.35. The van der Waals surface area contributed by atoms with Crippen molar-refractivity contribution < 1.29 is 9.59 Å². The van der Waals surface area contributed by atoms with Crippen LogP contribution in [0.1, 0.15) is 18.9 Å². The predicted octanol–water partition coefficient (Wildman–Crippen LogP) is 2.17. The van der Waals surface area contributed by atoms with Crippen LogP contribution >= 0.6 is 35.4 Å². The van der Waals surface area contributed by atoms with Gasteiger partial charge in [0.2, 0.25) is 11.8 Å². The molecule has 100 valence electrons. The Morgan fingerprint density at radius 1 is 1.16 bits per heavy atom.